The number of carbonyl (C=O) groups excluding carboxylic acids is 1. The number of nitrogens with one attached hydrogen (secondary N) is 1. The molecule has 1 rings (SSSR count). The molecule has 0 amide bonds. The highest BCUT2D eigenvalue weighted by atomic mass is 16.1. The average molecular weight is 237 g/mol. The normalized spacial score (nSPS) is 24.2. The number of hydrogen-bond donors (Lipinski definition) is 1. The summed E-state index contributed by atoms with van der Waals surface area (Å²) in [5.41, 5.74) is -0.0710. The van der Waals surface area contributed by atoms with E-state index in [1.54, 1.807) is 0 Å². The van der Waals surface area contributed by atoms with Crippen molar-refractivity contribution in [2.75, 3.05) is 13.1 Å². The molecule has 1 N–H and O–H groups in total. The van der Waals surface area contributed by atoms with Crippen molar-refractivity contribution in [3.63, 3.8) is 0 Å². The highest BCUT2D eigenvalue weighted by Crippen LogP contribution is 2.36. The van der Waals surface area contributed by atoms with Gasteiger partial charge in [0.2, 0.25) is 0 Å². The van der Waals surface area contributed by atoms with Crippen LogP contribution in [0.1, 0.15) is 52.4 Å². The van der Waals surface area contributed by atoms with Crippen molar-refractivity contribution in [2.45, 2.75) is 52.4 Å². The van der Waals surface area contributed by atoms with Crippen LogP contribution in [-0.2, 0) is 4.79 Å². The fourth-order valence-corrected chi connectivity index (χ4v) is 2.76. The Kier molecular flexibility index (Phi) is 5.90. The smallest absolute Gasteiger partial charge is 0.140 e. The Morgan fingerprint density at radius 1 is 1.41 bits per heavy atom. The van der Waals surface area contributed by atoms with Crippen LogP contribution in [-0.4, -0.2) is 18.9 Å². The Morgan fingerprint density at radius 2 is 2.18 bits per heavy atom. The molecule has 17 heavy (non-hydrogen) atoms. The summed E-state index contributed by atoms with van der Waals surface area (Å²) in [7, 11) is 0. The molecule has 2 nitrogen and oxygen atoms in total. The zero-order valence-electron chi connectivity index (χ0n) is 11.4. The molecule has 1 heterocycles. The maximum atomic E-state index is 12.4. The molecule has 98 valence electrons. The Labute approximate surface area is 106 Å². The third-order valence-electron chi connectivity index (χ3n) is 4.16. The molecule has 2 heteroatoms. The van der Waals surface area contributed by atoms with Gasteiger partial charge in [-0.25, -0.2) is 0 Å². The van der Waals surface area contributed by atoms with Crippen LogP contribution in [0.15, 0.2) is 12.7 Å². The van der Waals surface area contributed by atoms with E-state index in [0.717, 1.165) is 45.2 Å². The minimum Gasteiger partial charge on any atom is -0.316 e. The van der Waals surface area contributed by atoms with Crippen LogP contribution in [0.4, 0.5) is 0 Å². The second-order valence-electron chi connectivity index (χ2n) is 5.55. The lowest BCUT2D eigenvalue weighted by molar-refractivity contribution is -0.130. The molecule has 0 aliphatic carbocycles. The van der Waals surface area contributed by atoms with E-state index in [4.69, 9.17) is 0 Å². The number of hydrogen-bond acceptors (Lipinski definition) is 2. The number of unbranched alkanes of at least 4 members (excludes halogenated alkanes) is 3. The molecule has 0 bridgehead atoms. The first-order valence-electron chi connectivity index (χ1n) is 6.98. The quantitative estimate of drug-likeness (QED) is 0.518. The first-order chi connectivity index (χ1) is 8.13. The van der Waals surface area contributed by atoms with Crippen LogP contribution in [0.5, 0.6) is 0 Å². The minimum absolute atomic E-state index is 0.0710. The lowest BCUT2D eigenvalue weighted by Crippen LogP contribution is -2.38. The predicted octanol–water partition coefficient (Wildman–Crippen LogP) is 3.33. The Balaban J connectivity index is 2.36. The van der Waals surface area contributed by atoms with E-state index in [1.807, 2.05) is 6.08 Å². The van der Waals surface area contributed by atoms with E-state index in [9.17, 15) is 4.79 Å². The lowest BCUT2D eigenvalue weighted by atomic mass is 9.72. The molecule has 1 saturated heterocycles. The highest BCUT2D eigenvalue weighted by molar-refractivity contribution is 5.85. The first kappa shape index (κ1) is 14.4. The number of ketones is 1. The molecular weight excluding hydrogens is 210 g/mol. The summed E-state index contributed by atoms with van der Waals surface area (Å²) in [6, 6.07) is 0. The summed E-state index contributed by atoms with van der Waals surface area (Å²) in [4.78, 5) is 12.4. The van der Waals surface area contributed by atoms with Crippen molar-refractivity contribution in [1.82, 2.24) is 5.32 Å². The zero-order chi connectivity index (χ0) is 12.7. The van der Waals surface area contributed by atoms with E-state index in [0.29, 0.717) is 11.7 Å². The van der Waals surface area contributed by atoms with E-state index < -0.39 is 0 Å². The standard InChI is InChI=1S/C15H27NO/c1-4-5-6-7-8-9-14(17)15(13(2)3)10-11-16-12-15/h4,13,16H,1,5-12H2,2-3H3. The van der Waals surface area contributed by atoms with Gasteiger partial charge in [0.1, 0.15) is 5.78 Å². The monoisotopic (exact) mass is 237 g/mol. The molecule has 1 aliphatic rings. The topological polar surface area (TPSA) is 29.1 Å². The van der Waals surface area contributed by atoms with Crippen molar-refractivity contribution < 1.29 is 4.79 Å². The summed E-state index contributed by atoms with van der Waals surface area (Å²) in [5.74, 6) is 0.939. The number of carbonyl (C=O) groups is 1. The minimum atomic E-state index is -0.0710. The second-order valence-corrected chi connectivity index (χ2v) is 5.55. The second kappa shape index (κ2) is 6.95. The van der Waals surface area contributed by atoms with Crippen LogP contribution in [0.2, 0.25) is 0 Å². The zero-order valence-corrected chi connectivity index (χ0v) is 11.4. The van der Waals surface area contributed by atoms with Gasteiger partial charge < -0.3 is 5.32 Å². The number of Topliss-reactive ketones (excluding diaryl/α,β-unsaturated/α-hetero) is 1. The van der Waals surface area contributed by atoms with Gasteiger partial charge in [0.05, 0.1) is 0 Å². The van der Waals surface area contributed by atoms with Gasteiger partial charge in [0.25, 0.3) is 0 Å². The molecule has 0 saturated carbocycles. The van der Waals surface area contributed by atoms with Gasteiger partial charge in [-0.2, -0.15) is 0 Å². The van der Waals surface area contributed by atoms with Crippen LogP contribution in [0, 0.1) is 11.3 Å². The lowest BCUT2D eigenvalue weighted by Gasteiger charge is -2.31. The van der Waals surface area contributed by atoms with Gasteiger partial charge in [-0.15, -0.1) is 6.58 Å². The highest BCUT2D eigenvalue weighted by Gasteiger charge is 2.42. The van der Waals surface area contributed by atoms with Crippen LogP contribution >= 0.6 is 0 Å². The molecular formula is C15H27NO. The van der Waals surface area contributed by atoms with Crippen molar-refractivity contribution in [3.8, 4) is 0 Å². The van der Waals surface area contributed by atoms with Crippen LogP contribution in [0.3, 0.4) is 0 Å². The summed E-state index contributed by atoms with van der Waals surface area (Å²) >= 11 is 0. The first-order valence-corrected chi connectivity index (χ1v) is 6.98. The molecule has 0 radical (unpaired) electrons. The molecule has 1 fully saturated rings. The fraction of sp³-hybridized carbons (Fsp3) is 0.800. The summed E-state index contributed by atoms with van der Waals surface area (Å²) in [6.07, 6.45) is 8.18. The third-order valence-corrected chi connectivity index (χ3v) is 4.16. The number of rotatable bonds is 8. The maximum Gasteiger partial charge on any atom is 0.140 e. The van der Waals surface area contributed by atoms with Gasteiger partial charge in [0.15, 0.2) is 0 Å². The van der Waals surface area contributed by atoms with Crippen molar-refractivity contribution in [1.29, 1.82) is 0 Å². The van der Waals surface area contributed by atoms with Crippen molar-refractivity contribution in [2.24, 2.45) is 11.3 Å². The van der Waals surface area contributed by atoms with Crippen LogP contribution in [0.25, 0.3) is 0 Å². The molecule has 1 atom stereocenters. The maximum absolute atomic E-state index is 12.4. The Hall–Kier alpha value is -0.630. The van der Waals surface area contributed by atoms with Crippen molar-refractivity contribution in [3.05, 3.63) is 12.7 Å². The molecule has 1 aliphatic heterocycles. The van der Waals surface area contributed by atoms with Gasteiger partial charge in [-0.05, 0) is 38.1 Å². The molecule has 0 aromatic carbocycles. The molecule has 0 spiro atoms. The van der Waals surface area contributed by atoms with E-state index in [-0.39, 0.29) is 5.41 Å². The molecule has 0 aromatic rings. The van der Waals surface area contributed by atoms with Gasteiger partial charge in [-0.1, -0.05) is 26.3 Å². The van der Waals surface area contributed by atoms with Crippen LogP contribution < -0.4 is 5.32 Å². The van der Waals surface area contributed by atoms with Crippen molar-refractivity contribution >= 4 is 5.78 Å². The Morgan fingerprint density at radius 3 is 2.71 bits per heavy atom. The van der Waals surface area contributed by atoms with E-state index in [2.05, 4.69) is 25.7 Å². The van der Waals surface area contributed by atoms with Gasteiger partial charge in [-0.3, -0.25) is 4.79 Å². The van der Waals surface area contributed by atoms with E-state index >= 15 is 0 Å². The summed E-state index contributed by atoms with van der Waals surface area (Å²) in [5, 5.41) is 3.35. The molecule has 1 unspecified atom stereocenters. The summed E-state index contributed by atoms with van der Waals surface area (Å²) < 4.78 is 0. The molecule has 0 aromatic heterocycles. The third kappa shape index (κ3) is 3.67. The SMILES string of the molecule is C=CCCCCCC(=O)C1(C(C)C)CCNC1. The Bertz CT molecular complexity index is 252. The largest absolute Gasteiger partial charge is 0.316 e. The summed E-state index contributed by atoms with van der Waals surface area (Å²) in [6.45, 7) is 9.97. The van der Waals surface area contributed by atoms with Gasteiger partial charge >= 0.3 is 0 Å². The fourth-order valence-electron chi connectivity index (χ4n) is 2.76. The predicted molar refractivity (Wildman–Crippen MR) is 73.0 cm³/mol. The van der Waals surface area contributed by atoms with E-state index in [1.165, 1.54) is 6.42 Å². The average Bonchev–Trinajstić information content (AvgIpc) is 2.79. The number of allylic oxidation sites excluding steroid dienone is 1. The van der Waals surface area contributed by atoms with Gasteiger partial charge in [0, 0.05) is 18.4 Å².